The molecular weight excluding hydrogens is 348 g/mol. The Hall–Kier alpha value is -2.18. The van der Waals surface area contributed by atoms with Gasteiger partial charge in [0.1, 0.15) is 0 Å². The van der Waals surface area contributed by atoms with Crippen LogP contribution in [-0.2, 0) is 21.2 Å². The van der Waals surface area contributed by atoms with Crippen LogP contribution in [0.1, 0.15) is 25.8 Å². The largest absolute Gasteiger partial charge is 0.352 e. The smallest absolute Gasteiger partial charge is 0.243 e. The molecule has 1 amide bonds. The van der Waals surface area contributed by atoms with E-state index in [4.69, 9.17) is 0 Å². The van der Waals surface area contributed by atoms with Crippen molar-refractivity contribution >= 4 is 15.9 Å². The van der Waals surface area contributed by atoms with E-state index in [0.717, 1.165) is 12.8 Å². The lowest BCUT2D eigenvalue weighted by atomic mass is 10.1. The number of amides is 1. The van der Waals surface area contributed by atoms with Crippen LogP contribution in [0.15, 0.2) is 65.6 Å². The minimum absolute atomic E-state index is 0.0270. The maximum atomic E-state index is 12.6. The monoisotopic (exact) mass is 374 g/mol. The number of aryl methyl sites for hydroxylation is 1. The standard InChI is InChI=1S/C20H26N2O3S/c1-3-22(26(24,25)19-12-8-5-9-13-19)16-20(23)21-17(2)14-15-18-10-6-4-7-11-18/h4-13,17H,3,14-16H2,1-2H3,(H,21,23)/t17-/m1/s1. The van der Waals surface area contributed by atoms with E-state index in [-0.39, 0.29) is 29.9 Å². The molecule has 0 radical (unpaired) electrons. The summed E-state index contributed by atoms with van der Waals surface area (Å²) < 4.78 is 26.5. The molecule has 26 heavy (non-hydrogen) atoms. The first kappa shape index (κ1) is 20.1. The molecule has 0 aliphatic rings. The molecule has 0 unspecified atom stereocenters. The Labute approximate surface area is 156 Å². The van der Waals surface area contributed by atoms with Crippen molar-refractivity contribution < 1.29 is 13.2 Å². The first-order valence-corrected chi connectivity index (χ1v) is 10.3. The third-order valence-electron chi connectivity index (χ3n) is 4.17. The Kier molecular flexibility index (Phi) is 7.36. The molecule has 2 aromatic carbocycles. The molecule has 0 spiro atoms. The third-order valence-corrected chi connectivity index (χ3v) is 6.10. The van der Waals surface area contributed by atoms with Crippen molar-refractivity contribution in [3.8, 4) is 0 Å². The second-order valence-electron chi connectivity index (χ2n) is 6.24. The zero-order valence-electron chi connectivity index (χ0n) is 15.3. The molecule has 1 atom stereocenters. The minimum Gasteiger partial charge on any atom is -0.352 e. The summed E-state index contributed by atoms with van der Waals surface area (Å²) in [6.07, 6.45) is 1.66. The SMILES string of the molecule is CCN(CC(=O)N[C@H](C)CCc1ccccc1)S(=O)(=O)c1ccccc1. The summed E-state index contributed by atoms with van der Waals surface area (Å²) in [6, 6.07) is 18.2. The van der Waals surface area contributed by atoms with E-state index in [0.29, 0.717) is 0 Å². The summed E-state index contributed by atoms with van der Waals surface area (Å²) >= 11 is 0. The van der Waals surface area contributed by atoms with E-state index in [1.807, 2.05) is 25.1 Å². The number of hydrogen-bond donors (Lipinski definition) is 1. The maximum Gasteiger partial charge on any atom is 0.243 e. The first-order valence-electron chi connectivity index (χ1n) is 8.82. The zero-order chi connectivity index (χ0) is 19.0. The van der Waals surface area contributed by atoms with Crippen molar-refractivity contribution in [2.45, 2.75) is 37.6 Å². The lowest BCUT2D eigenvalue weighted by molar-refractivity contribution is -0.121. The summed E-state index contributed by atoms with van der Waals surface area (Å²) in [5.74, 6) is -0.285. The molecule has 6 heteroatoms. The molecule has 0 saturated carbocycles. The fourth-order valence-corrected chi connectivity index (χ4v) is 4.12. The van der Waals surface area contributed by atoms with Gasteiger partial charge in [0, 0.05) is 12.6 Å². The van der Waals surface area contributed by atoms with Crippen LogP contribution in [0.3, 0.4) is 0 Å². The number of sulfonamides is 1. The van der Waals surface area contributed by atoms with Crippen LogP contribution in [0.5, 0.6) is 0 Å². The van der Waals surface area contributed by atoms with Gasteiger partial charge in [0.05, 0.1) is 11.4 Å². The van der Waals surface area contributed by atoms with Gasteiger partial charge in [-0.2, -0.15) is 4.31 Å². The second-order valence-corrected chi connectivity index (χ2v) is 8.18. The van der Waals surface area contributed by atoms with Crippen molar-refractivity contribution in [1.82, 2.24) is 9.62 Å². The lowest BCUT2D eigenvalue weighted by Gasteiger charge is -2.21. The van der Waals surface area contributed by atoms with E-state index in [1.165, 1.54) is 9.87 Å². The molecule has 0 fully saturated rings. The Bertz CT molecular complexity index is 792. The van der Waals surface area contributed by atoms with Gasteiger partial charge in [-0.1, -0.05) is 55.5 Å². The van der Waals surface area contributed by atoms with Crippen LogP contribution < -0.4 is 5.32 Å². The number of nitrogens with zero attached hydrogens (tertiary/aromatic N) is 1. The molecule has 2 aromatic rings. The highest BCUT2D eigenvalue weighted by Crippen LogP contribution is 2.14. The summed E-state index contributed by atoms with van der Waals surface area (Å²) in [4.78, 5) is 12.5. The number of carbonyl (C=O) groups is 1. The van der Waals surface area contributed by atoms with E-state index < -0.39 is 10.0 Å². The number of carbonyl (C=O) groups excluding carboxylic acids is 1. The number of hydrogen-bond acceptors (Lipinski definition) is 3. The van der Waals surface area contributed by atoms with Crippen molar-refractivity contribution in [2.75, 3.05) is 13.1 Å². The van der Waals surface area contributed by atoms with E-state index in [1.54, 1.807) is 37.3 Å². The van der Waals surface area contributed by atoms with Crippen LogP contribution >= 0.6 is 0 Å². The predicted octanol–water partition coefficient (Wildman–Crippen LogP) is 2.83. The molecule has 0 aliphatic carbocycles. The third kappa shape index (κ3) is 5.68. The van der Waals surface area contributed by atoms with Crippen molar-refractivity contribution in [1.29, 1.82) is 0 Å². The van der Waals surface area contributed by atoms with Gasteiger partial charge >= 0.3 is 0 Å². The fourth-order valence-electron chi connectivity index (χ4n) is 2.69. The Morgan fingerprint density at radius 3 is 2.19 bits per heavy atom. The highest BCUT2D eigenvalue weighted by atomic mass is 32.2. The van der Waals surface area contributed by atoms with Crippen LogP contribution in [0.2, 0.25) is 0 Å². The number of rotatable bonds is 9. The van der Waals surface area contributed by atoms with Crippen molar-refractivity contribution in [2.24, 2.45) is 0 Å². The molecule has 5 nitrogen and oxygen atoms in total. The molecule has 0 aromatic heterocycles. The second kappa shape index (κ2) is 9.50. The molecule has 2 rings (SSSR count). The van der Waals surface area contributed by atoms with Gasteiger partial charge < -0.3 is 5.32 Å². The Morgan fingerprint density at radius 1 is 1.04 bits per heavy atom. The fraction of sp³-hybridized carbons (Fsp3) is 0.350. The summed E-state index contributed by atoms with van der Waals surface area (Å²) in [5, 5.41) is 2.89. The van der Waals surface area contributed by atoms with E-state index >= 15 is 0 Å². The predicted molar refractivity (Wildman–Crippen MR) is 103 cm³/mol. The van der Waals surface area contributed by atoms with Crippen LogP contribution in [0.25, 0.3) is 0 Å². The van der Waals surface area contributed by atoms with Gasteiger partial charge in [0.15, 0.2) is 0 Å². The summed E-state index contributed by atoms with van der Waals surface area (Å²) in [7, 11) is -3.66. The molecule has 1 N–H and O–H groups in total. The number of nitrogens with one attached hydrogen (secondary N) is 1. The number of benzene rings is 2. The van der Waals surface area contributed by atoms with Gasteiger partial charge in [-0.3, -0.25) is 4.79 Å². The van der Waals surface area contributed by atoms with Gasteiger partial charge in [-0.05, 0) is 37.5 Å². The first-order chi connectivity index (χ1) is 12.4. The molecule has 0 saturated heterocycles. The Balaban J connectivity index is 1.90. The minimum atomic E-state index is -3.66. The van der Waals surface area contributed by atoms with E-state index in [9.17, 15) is 13.2 Å². The van der Waals surface area contributed by atoms with Gasteiger partial charge in [-0.25, -0.2) is 8.42 Å². The van der Waals surface area contributed by atoms with Crippen molar-refractivity contribution in [3.63, 3.8) is 0 Å². The quantitative estimate of drug-likeness (QED) is 0.734. The normalized spacial score (nSPS) is 12.7. The molecular formula is C20H26N2O3S. The molecule has 140 valence electrons. The Morgan fingerprint density at radius 2 is 1.62 bits per heavy atom. The number of likely N-dealkylation sites (N-methyl/N-ethyl adjacent to an activating group) is 1. The average molecular weight is 375 g/mol. The highest BCUT2D eigenvalue weighted by Gasteiger charge is 2.25. The lowest BCUT2D eigenvalue weighted by Crippen LogP contribution is -2.43. The van der Waals surface area contributed by atoms with Crippen LogP contribution in [0.4, 0.5) is 0 Å². The maximum absolute atomic E-state index is 12.6. The zero-order valence-corrected chi connectivity index (χ0v) is 16.1. The molecule has 0 heterocycles. The van der Waals surface area contributed by atoms with E-state index in [2.05, 4.69) is 17.4 Å². The molecule has 0 bridgehead atoms. The average Bonchev–Trinajstić information content (AvgIpc) is 2.66. The van der Waals surface area contributed by atoms with Gasteiger partial charge in [0.25, 0.3) is 0 Å². The van der Waals surface area contributed by atoms with Crippen molar-refractivity contribution in [3.05, 3.63) is 66.2 Å². The summed E-state index contributed by atoms with van der Waals surface area (Å²) in [5.41, 5.74) is 1.22. The summed E-state index contributed by atoms with van der Waals surface area (Å²) in [6.45, 7) is 3.72. The topological polar surface area (TPSA) is 66.5 Å². The van der Waals surface area contributed by atoms with Crippen LogP contribution in [0, 0.1) is 0 Å². The van der Waals surface area contributed by atoms with Gasteiger partial charge in [-0.15, -0.1) is 0 Å². The molecule has 0 aliphatic heterocycles. The van der Waals surface area contributed by atoms with Gasteiger partial charge in [0.2, 0.25) is 15.9 Å². The van der Waals surface area contributed by atoms with Crippen LogP contribution in [-0.4, -0.2) is 37.8 Å². The highest BCUT2D eigenvalue weighted by molar-refractivity contribution is 7.89.